The lowest BCUT2D eigenvalue weighted by Crippen LogP contribution is -1.94. The van der Waals surface area contributed by atoms with Crippen LogP contribution in [0.15, 0.2) is 12.2 Å². The molecule has 0 saturated heterocycles. The minimum atomic E-state index is 0.573. The third-order valence-electron chi connectivity index (χ3n) is 1.12. The Morgan fingerprint density at radius 1 is 1.86 bits per heavy atom. The fraction of sp³-hybridized carbons (Fsp3) is 0.667. The first kappa shape index (κ1) is 7.09. The Morgan fingerprint density at radius 3 is 2.29 bits per heavy atom. The van der Waals surface area contributed by atoms with Crippen LogP contribution in [0.2, 0.25) is 0 Å². The zero-order valence-corrected chi connectivity index (χ0v) is 5.83. The van der Waals surface area contributed by atoms with Crippen LogP contribution in [0.1, 0.15) is 13.8 Å². The largest absolute Gasteiger partial charge is 0.179 e. The Labute approximate surface area is 51.0 Å². The fourth-order valence-corrected chi connectivity index (χ4v) is 0.468. The maximum atomic E-state index is 4.09. The zero-order chi connectivity index (χ0) is 5.86. The minimum absolute atomic E-state index is 0.573. The molecule has 0 aliphatic heterocycles. The maximum Gasteiger partial charge on any atom is -0.00350 e. The zero-order valence-electron chi connectivity index (χ0n) is 4.94. The maximum absolute atomic E-state index is 4.09. The highest BCUT2D eigenvalue weighted by Crippen LogP contribution is 2.06. The van der Waals surface area contributed by atoms with Gasteiger partial charge in [-0.1, -0.05) is 19.1 Å². The Hall–Kier alpha value is 0.0900. The smallest absolute Gasteiger partial charge is 0.00350 e. The molecular formula is C6H12S. The lowest BCUT2D eigenvalue weighted by Gasteiger charge is -2.03. The molecular weight excluding hydrogens is 104 g/mol. The van der Waals surface area contributed by atoms with Crippen LogP contribution in [0.4, 0.5) is 0 Å². The number of rotatable bonds is 2. The van der Waals surface area contributed by atoms with E-state index in [0.29, 0.717) is 5.92 Å². The van der Waals surface area contributed by atoms with Crippen molar-refractivity contribution >= 4 is 12.6 Å². The summed E-state index contributed by atoms with van der Waals surface area (Å²) in [5.41, 5.74) is 1.22. The summed E-state index contributed by atoms with van der Waals surface area (Å²) in [6.07, 6.45) is 0. The molecule has 0 aromatic rings. The predicted molar refractivity (Wildman–Crippen MR) is 37.8 cm³/mol. The molecule has 0 spiro atoms. The quantitative estimate of drug-likeness (QED) is 0.414. The van der Waals surface area contributed by atoms with E-state index in [-0.39, 0.29) is 0 Å². The second kappa shape index (κ2) is 3.14. The average molecular weight is 116 g/mol. The highest BCUT2D eigenvalue weighted by atomic mass is 32.1. The summed E-state index contributed by atoms with van der Waals surface area (Å²) in [5, 5.41) is 0. The molecule has 0 nitrogen and oxygen atoms in total. The molecule has 1 atom stereocenters. The van der Waals surface area contributed by atoms with Crippen LogP contribution < -0.4 is 0 Å². The lowest BCUT2D eigenvalue weighted by atomic mass is 10.1. The van der Waals surface area contributed by atoms with Crippen LogP contribution in [0.25, 0.3) is 0 Å². The number of thiol groups is 1. The number of hydrogen-bond donors (Lipinski definition) is 1. The summed E-state index contributed by atoms with van der Waals surface area (Å²) < 4.78 is 0. The summed E-state index contributed by atoms with van der Waals surface area (Å²) in [6, 6.07) is 0. The third-order valence-corrected chi connectivity index (χ3v) is 1.66. The van der Waals surface area contributed by atoms with Gasteiger partial charge in [-0.25, -0.2) is 0 Å². The molecule has 0 radical (unpaired) electrons. The first-order valence-electron chi connectivity index (χ1n) is 2.44. The van der Waals surface area contributed by atoms with Crippen molar-refractivity contribution in [2.24, 2.45) is 5.92 Å². The standard InChI is InChI=1S/C6H12S/c1-5(2)6(3)4-7/h6-7H,1,4H2,2-3H3. The van der Waals surface area contributed by atoms with Crippen molar-refractivity contribution < 1.29 is 0 Å². The Morgan fingerprint density at radius 2 is 2.29 bits per heavy atom. The highest BCUT2D eigenvalue weighted by Gasteiger charge is 1.95. The fourth-order valence-electron chi connectivity index (χ4n) is 0.156. The van der Waals surface area contributed by atoms with Crippen molar-refractivity contribution in [3.05, 3.63) is 12.2 Å². The van der Waals surface area contributed by atoms with E-state index < -0.39 is 0 Å². The van der Waals surface area contributed by atoms with Crippen LogP contribution in [0.3, 0.4) is 0 Å². The van der Waals surface area contributed by atoms with Crippen molar-refractivity contribution in [2.45, 2.75) is 13.8 Å². The van der Waals surface area contributed by atoms with E-state index in [4.69, 9.17) is 0 Å². The second-order valence-electron chi connectivity index (χ2n) is 1.93. The van der Waals surface area contributed by atoms with Gasteiger partial charge in [-0.3, -0.25) is 0 Å². The molecule has 0 heterocycles. The monoisotopic (exact) mass is 116 g/mol. The molecule has 42 valence electrons. The van der Waals surface area contributed by atoms with E-state index in [1.807, 2.05) is 6.92 Å². The van der Waals surface area contributed by atoms with Gasteiger partial charge < -0.3 is 0 Å². The molecule has 7 heavy (non-hydrogen) atoms. The molecule has 1 unspecified atom stereocenters. The Kier molecular flexibility index (Phi) is 3.18. The van der Waals surface area contributed by atoms with Crippen molar-refractivity contribution in [2.75, 3.05) is 5.75 Å². The van der Waals surface area contributed by atoms with Gasteiger partial charge in [0.15, 0.2) is 0 Å². The molecule has 0 aliphatic rings. The van der Waals surface area contributed by atoms with Crippen molar-refractivity contribution in [1.29, 1.82) is 0 Å². The molecule has 0 N–H and O–H groups in total. The molecule has 0 saturated carbocycles. The molecule has 0 amide bonds. The van der Waals surface area contributed by atoms with E-state index in [1.165, 1.54) is 5.57 Å². The van der Waals surface area contributed by atoms with Gasteiger partial charge >= 0.3 is 0 Å². The first-order valence-corrected chi connectivity index (χ1v) is 3.08. The number of hydrogen-bond acceptors (Lipinski definition) is 1. The topological polar surface area (TPSA) is 0 Å². The molecule has 0 fully saturated rings. The van der Waals surface area contributed by atoms with E-state index in [2.05, 4.69) is 26.1 Å². The van der Waals surface area contributed by atoms with Gasteiger partial charge in [-0.15, -0.1) is 0 Å². The van der Waals surface area contributed by atoms with Gasteiger partial charge in [0.05, 0.1) is 0 Å². The van der Waals surface area contributed by atoms with Gasteiger partial charge in [0, 0.05) is 0 Å². The first-order chi connectivity index (χ1) is 3.18. The van der Waals surface area contributed by atoms with Crippen LogP contribution in [0, 0.1) is 5.92 Å². The van der Waals surface area contributed by atoms with Gasteiger partial charge in [-0.2, -0.15) is 12.6 Å². The molecule has 0 aromatic carbocycles. The summed E-state index contributed by atoms with van der Waals surface area (Å²) in [5.74, 6) is 1.48. The van der Waals surface area contributed by atoms with Crippen molar-refractivity contribution in [3.8, 4) is 0 Å². The Balaban J connectivity index is 3.34. The lowest BCUT2D eigenvalue weighted by molar-refractivity contribution is 0.790. The van der Waals surface area contributed by atoms with Crippen LogP contribution in [0.5, 0.6) is 0 Å². The Bertz CT molecular complexity index is 66.6. The van der Waals surface area contributed by atoms with E-state index >= 15 is 0 Å². The summed E-state index contributed by atoms with van der Waals surface area (Å²) >= 11 is 4.09. The molecule has 1 heteroatoms. The van der Waals surface area contributed by atoms with Crippen molar-refractivity contribution in [1.82, 2.24) is 0 Å². The summed E-state index contributed by atoms with van der Waals surface area (Å²) in [7, 11) is 0. The van der Waals surface area contributed by atoms with Crippen molar-refractivity contribution in [3.63, 3.8) is 0 Å². The SMILES string of the molecule is C=C(C)C(C)CS. The molecule has 0 bridgehead atoms. The number of allylic oxidation sites excluding steroid dienone is 1. The third kappa shape index (κ3) is 2.75. The van der Waals surface area contributed by atoms with Crippen LogP contribution in [-0.4, -0.2) is 5.75 Å². The van der Waals surface area contributed by atoms with Crippen LogP contribution >= 0.6 is 12.6 Å². The van der Waals surface area contributed by atoms with E-state index in [1.54, 1.807) is 0 Å². The van der Waals surface area contributed by atoms with Crippen LogP contribution in [-0.2, 0) is 0 Å². The van der Waals surface area contributed by atoms with Gasteiger partial charge in [0.1, 0.15) is 0 Å². The second-order valence-corrected chi connectivity index (χ2v) is 2.30. The minimum Gasteiger partial charge on any atom is -0.179 e. The van der Waals surface area contributed by atoms with E-state index in [0.717, 1.165) is 5.75 Å². The normalized spacial score (nSPS) is 13.6. The predicted octanol–water partition coefficient (Wildman–Crippen LogP) is 2.13. The molecule has 0 aromatic heterocycles. The molecule has 0 rings (SSSR count). The van der Waals surface area contributed by atoms with Gasteiger partial charge in [-0.05, 0) is 18.6 Å². The van der Waals surface area contributed by atoms with Gasteiger partial charge in [0.25, 0.3) is 0 Å². The summed E-state index contributed by atoms with van der Waals surface area (Å²) in [4.78, 5) is 0. The van der Waals surface area contributed by atoms with E-state index in [9.17, 15) is 0 Å². The van der Waals surface area contributed by atoms with Gasteiger partial charge in [0.2, 0.25) is 0 Å². The summed E-state index contributed by atoms with van der Waals surface area (Å²) in [6.45, 7) is 7.93. The highest BCUT2D eigenvalue weighted by molar-refractivity contribution is 7.80. The average Bonchev–Trinajstić information content (AvgIpc) is 1.65. The molecule has 0 aliphatic carbocycles.